The van der Waals surface area contributed by atoms with E-state index in [0.717, 1.165) is 29.8 Å². The molecule has 6 heteroatoms. The molecule has 0 radical (unpaired) electrons. The van der Waals surface area contributed by atoms with Crippen LogP contribution in [0.1, 0.15) is 41.3 Å². The molecule has 0 aliphatic heterocycles. The van der Waals surface area contributed by atoms with Gasteiger partial charge in [-0.2, -0.15) is 5.26 Å². The molecule has 2 aromatic heterocycles. The van der Waals surface area contributed by atoms with Crippen molar-refractivity contribution in [1.82, 2.24) is 9.97 Å². The summed E-state index contributed by atoms with van der Waals surface area (Å²) in [5, 5.41) is 22.4. The zero-order valence-electron chi connectivity index (χ0n) is 14.7. The van der Waals surface area contributed by atoms with E-state index in [9.17, 15) is 10.4 Å². The lowest BCUT2D eigenvalue weighted by molar-refractivity contribution is 0.0338. The molecule has 6 nitrogen and oxygen atoms in total. The second-order valence-corrected chi connectivity index (χ2v) is 6.54. The summed E-state index contributed by atoms with van der Waals surface area (Å²) in [6.07, 6.45) is 3.05. The fourth-order valence-corrected chi connectivity index (χ4v) is 3.31. The molecule has 1 saturated carbocycles. The predicted octanol–water partition coefficient (Wildman–Crippen LogP) is 2.90. The second kappa shape index (κ2) is 7.08. The van der Waals surface area contributed by atoms with Gasteiger partial charge in [0.25, 0.3) is 0 Å². The molecular weight excluding hydrogens is 316 g/mol. The number of aliphatic hydroxyl groups is 1. The monoisotopic (exact) mass is 338 g/mol. The lowest BCUT2D eigenvalue weighted by atomic mass is 9.75. The molecule has 2 N–H and O–H groups in total. The van der Waals surface area contributed by atoms with E-state index in [1.54, 1.807) is 13.3 Å². The topological polar surface area (TPSA) is 91.1 Å². The van der Waals surface area contributed by atoms with E-state index >= 15 is 0 Å². The number of aliphatic hydroxyl groups excluding tert-OH is 1. The maximum absolute atomic E-state index is 9.70. The summed E-state index contributed by atoms with van der Waals surface area (Å²) in [6, 6.07) is 7.91. The summed E-state index contributed by atoms with van der Waals surface area (Å²) in [5.41, 5.74) is 3.26. The van der Waals surface area contributed by atoms with Gasteiger partial charge in [-0.25, -0.2) is 9.97 Å². The van der Waals surface area contributed by atoms with Crippen LogP contribution in [0.2, 0.25) is 0 Å². The predicted molar refractivity (Wildman–Crippen MR) is 94.3 cm³/mol. The van der Waals surface area contributed by atoms with Gasteiger partial charge in [0, 0.05) is 12.3 Å². The summed E-state index contributed by atoms with van der Waals surface area (Å²) < 4.78 is 5.13. The molecule has 0 bridgehead atoms. The number of hydrogen-bond donors (Lipinski definition) is 2. The van der Waals surface area contributed by atoms with Crippen LogP contribution < -0.4 is 10.1 Å². The molecule has 0 aromatic carbocycles. The summed E-state index contributed by atoms with van der Waals surface area (Å²) in [4.78, 5) is 8.82. The van der Waals surface area contributed by atoms with Crippen molar-refractivity contribution in [2.24, 2.45) is 5.92 Å². The number of aromatic nitrogens is 2. The first-order valence-electron chi connectivity index (χ1n) is 8.34. The molecule has 0 unspecified atom stereocenters. The Hall–Kier alpha value is -2.65. The highest BCUT2D eigenvalue weighted by atomic mass is 16.5. The van der Waals surface area contributed by atoms with E-state index in [1.165, 1.54) is 0 Å². The van der Waals surface area contributed by atoms with Crippen molar-refractivity contribution in [2.75, 3.05) is 12.4 Å². The van der Waals surface area contributed by atoms with Crippen molar-refractivity contribution < 1.29 is 9.84 Å². The van der Waals surface area contributed by atoms with Crippen LogP contribution in [0, 0.1) is 31.1 Å². The van der Waals surface area contributed by atoms with Crippen LogP contribution >= 0.6 is 0 Å². The minimum absolute atomic E-state index is 0.000965. The molecule has 1 fully saturated rings. The van der Waals surface area contributed by atoms with Crippen LogP contribution in [0.5, 0.6) is 5.88 Å². The SMILES string of the molecule is COc1ccc([C@H](Nc2cc(C)c(C#N)c(C)n2)C2CC(O)C2)cn1. The molecule has 2 heterocycles. The van der Waals surface area contributed by atoms with Crippen LogP contribution in [0.15, 0.2) is 24.4 Å². The van der Waals surface area contributed by atoms with Crippen molar-refractivity contribution in [2.45, 2.75) is 38.8 Å². The largest absolute Gasteiger partial charge is 0.481 e. The zero-order chi connectivity index (χ0) is 18.0. The van der Waals surface area contributed by atoms with E-state index in [4.69, 9.17) is 4.74 Å². The molecule has 3 rings (SSSR count). The third kappa shape index (κ3) is 3.57. The molecule has 25 heavy (non-hydrogen) atoms. The number of anilines is 1. The van der Waals surface area contributed by atoms with Gasteiger partial charge in [-0.15, -0.1) is 0 Å². The van der Waals surface area contributed by atoms with Gasteiger partial charge in [0.15, 0.2) is 0 Å². The Morgan fingerprint density at radius 3 is 2.64 bits per heavy atom. The first-order chi connectivity index (χ1) is 12.0. The van der Waals surface area contributed by atoms with Gasteiger partial charge in [-0.3, -0.25) is 0 Å². The average Bonchev–Trinajstić information content (AvgIpc) is 2.57. The Kier molecular flexibility index (Phi) is 4.86. The molecule has 0 amide bonds. The fourth-order valence-electron chi connectivity index (χ4n) is 3.31. The van der Waals surface area contributed by atoms with E-state index in [1.807, 2.05) is 32.0 Å². The van der Waals surface area contributed by atoms with Gasteiger partial charge in [0.2, 0.25) is 5.88 Å². The lowest BCUT2D eigenvalue weighted by Gasteiger charge is -2.38. The number of ether oxygens (including phenoxy) is 1. The Labute approximate surface area is 147 Å². The van der Waals surface area contributed by atoms with Crippen molar-refractivity contribution in [3.63, 3.8) is 0 Å². The number of methoxy groups -OCH3 is 1. The Balaban J connectivity index is 1.89. The highest BCUT2D eigenvalue weighted by Gasteiger charge is 2.35. The number of pyridine rings is 2. The van der Waals surface area contributed by atoms with Gasteiger partial charge in [-0.1, -0.05) is 6.07 Å². The minimum Gasteiger partial charge on any atom is -0.481 e. The Morgan fingerprint density at radius 1 is 1.36 bits per heavy atom. The number of rotatable bonds is 5. The number of hydrogen-bond acceptors (Lipinski definition) is 6. The van der Waals surface area contributed by atoms with E-state index in [-0.39, 0.29) is 12.1 Å². The van der Waals surface area contributed by atoms with Crippen molar-refractivity contribution in [1.29, 1.82) is 5.26 Å². The summed E-state index contributed by atoms with van der Waals surface area (Å²) in [6.45, 7) is 3.75. The fraction of sp³-hybridized carbons (Fsp3) is 0.421. The molecule has 0 saturated heterocycles. The number of nitriles is 1. The highest BCUT2D eigenvalue weighted by molar-refractivity contribution is 5.50. The first kappa shape index (κ1) is 17.2. The number of aryl methyl sites for hydroxylation is 2. The Bertz CT molecular complexity index is 769. The maximum Gasteiger partial charge on any atom is 0.212 e. The van der Waals surface area contributed by atoms with Gasteiger partial charge < -0.3 is 15.2 Å². The van der Waals surface area contributed by atoms with Crippen LogP contribution in [0.25, 0.3) is 0 Å². The minimum atomic E-state index is -0.238. The molecule has 130 valence electrons. The second-order valence-electron chi connectivity index (χ2n) is 6.54. The normalized spacial score (nSPS) is 20.3. The van der Waals surface area contributed by atoms with Crippen molar-refractivity contribution >= 4 is 5.82 Å². The van der Waals surface area contributed by atoms with Crippen molar-refractivity contribution in [3.05, 3.63) is 46.8 Å². The zero-order valence-corrected chi connectivity index (χ0v) is 14.7. The highest BCUT2D eigenvalue weighted by Crippen LogP contribution is 2.40. The van der Waals surface area contributed by atoms with Gasteiger partial charge >= 0.3 is 0 Å². The van der Waals surface area contributed by atoms with E-state index in [0.29, 0.717) is 23.1 Å². The standard InChI is InChI=1S/C19H22N4O2/c1-11-6-17(22-12(2)16(11)9-20)23-19(14-7-15(24)8-14)13-4-5-18(25-3)21-10-13/h4-6,10,14-15,19,24H,7-8H2,1-3H3,(H,22,23)/t14?,15?,19-/m0/s1. The number of nitrogens with one attached hydrogen (secondary N) is 1. The molecule has 1 aliphatic rings. The molecule has 1 atom stereocenters. The van der Waals surface area contributed by atoms with Crippen LogP contribution in [-0.2, 0) is 0 Å². The third-order valence-corrected chi connectivity index (χ3v) is 4.76. The van der Waals surface area contributed by atoms with Gasteiger partial charge in [0.1, 0.15) is 11.9 Å². The summed E-state index contributed by atoms with van der Waals surface area (Å²) in [7, 11) is 1.59. The average molecular weight is 338 g/mol. The van der Waals surface area contributed by atoms with E-state index in [2.05, 4.69) is 21.4 Å². The lowest BCUT2D eigenvalue weighted by Crippen LogP contribution is -2.36. The van der Waals surface area contributed by atoms with Crippen molar-refractivity contribution in [3.8, 4) is 11.9 Å². The molecular formula is C19H22N4O2. The Morgan fingerprint density at radius 2 is 2.12 bits per heavy atom. The third-order valence-electron chi connectivity index (χ3n) is 4.76. The molecule has 2 aromatic rings. The van der Waals surface area contributed by atoms with Gasteiger partial charge in [-0.05, 0) is 49.8 Å². The molecule has 1 aliphatic carbocycles. The van der Waals surface area contributed by atoms with Gasteiger partial charge in [0.05, 0.1) is 30.5 Å². The number of nitrogens with zero attached hydrogens (tertiary/aromatic N) is 3. The maximum atomic E-state index is 9.70. The summed E-state index contributed by atoms with van der Waals surface area (Å²) in [5.74, 6) is 1.61. The van der Waals surface area contributed by atoms with E-state index < -0.39 is 0 Å². The van der Waals surface area contributed by atoms with Crippen LogP contribution in [-0.4, -0.2) is 28.3 Å². The smallest absolute Gasteiger partial charge is 0.212 e. The quantitative estimate of drug-likeness (QED) is 0.871. The van der Waals surface area contributed by atoms with Crippen LogP contribution in [0.4, 0.5) is 5.82 Å². The molecule has 0 spiro atoms. The summed E-state index contributed by atoms with van der Waals surface area (Å²) >= 11 is 0. The van der Waals surface area contributed by atoms with Crippen LogP contribution in [0.3, 0.4) is 0 Å². The first-order valence-corrected chi connectivity index (χ1v) is 8.34.